The molecule has 0 saturated heterocycles. The first-order valence-corrected chi connectivity index (χ1v) is 10.7. The first-order chi connectivity index (χ1) is 16.3. The number of aromatic nitrogens is 5. The Morgan fingerprint density at radius 2 is 1.65 bits per heavy atom. The maximum atomic E-state index is 13.4. The summed E-state index contributed by atoms with van der Waals surface area (Å²) in [5.74, 6) is 0.546. The number of H-pyrrole nitrogens is 1. The minimum absolute atomic E-state index is 0.193. The molecule has 5 aromatic rings. The van der Waals surface area contributed by atoms with Gasteiger partial charge in [-0.1, -0.05) is 24.3 Å². The van der Waals surface area contributed by atoms with Gasteiger partial charge in [-0.15, -0.1) is 0 Å². The Bertz CT molecular complexity index is 1500. The average Bonchev–Trinajstić information content (AvgIpc) is 3.23. The highest BCUT2D eigenvalue weighted by Crippen LogP contribution is 2.34. The molecule has 5 rings (SSSR count). The Morgan fingerprint density at radius 1 is 0.853 bits per heavy atom. The summed E-state index contributed by atoms with van der Waals surface area (Å²) in [7, 11) is 0. The van der Waals surface area contributed by atoms with Gasteiger partial charge in [-0.25, -0.2) is 4.98 Å². The number of hydrogen-bond donors (Lipinski definition) is 1. The minimum atomic E-state index is -4.41. The molecule has 0 aliphatic rings. The van der Waals surface area contributed by atoms with Crippen molar-refractivity contribution in [1.29, 1.82) is 0 Å². The van der Waals surface area contributed by atoms with Crippen molar-refractivity contribution in [2.75, 3.05) is 0 Å². The molecule has 8 heteroatoms. The van der Waals surface area contributed by atoms with Crippen LogP contribution < -0.4 is 0 Å². The summed E-state index contributed by atoms with van der Waals surface area (Å²) < 4.78 is 40.2. The topological polar surface area (TPSA) is 67.3 Å². The second-order valence-electron chi connectivity index (χ2n) is 8.15. The third-order valence-corrected chi connectivity index (χ3v) is 5.62. The number of aromatic amines is 1. The molecule has 0 saturated carbocycles. The number of fused-ring (bicyclic) bond motifs is 1. The van der Waals surface area contributed by atoms with Gasteiger partial charge in [-0.2, -0.15) is 13.2 Å². The van der Waals surface area contributed by atoms with Crippen molar-refractivity contribution in [3.05, 3.63) is 95.2 Å². The summed E-state index contributed by atoms with van der Waals surface area (Å²) >= 11 is 0. The first-order valence-electron chi connectivity index (χ1n) is 10.7. The van der Waals surface area contributed by atoms with Crippen molar-refractivity contribution in [2.45, 2.75) is 26.4 Å². The predicted octanol–water partition coefficient (Wildman–Crippen LogP) is 6.31. The predicted molar refractivity (Wildman–Crippen MR) is 124 cm³/mol. The van der Waals surface area contributed by atoms with Crippen LogP contribution in [0.4, 0.5) is 13.2 Å². The van der Waals surface area contributed by atoms with Gasteiger partial charge in [0.15, 0.2) is 0 Å². The number of halogens is 3. The second-order valence-corrected chi connectivity index (χ2v) is 8.15. The maximum Gasteiger partial charge on any atom is 0.416 e. The van der Waals surface area contributed by atoms with Crippen LogP contribution in [0.3, 0.4) is 0 Å². The Balaban J connectivity index is 1.61. The number of pyridine rings is 1. The van der Waals surface area contributed by atoms with Gasteiger partial charge in [0.2, 0.25) is 0 Å². The molecule has 0 unspecified atom stereocenters. The van der Waals surface area contributed by atoms with Crippen molar-refractivity contribution in [3.8, 4) is 22.6 Å². The van der Waals surface area contributed by atoms with Gasteiger partial charge in [0, 0.05) is 30.1 Å². The van der Waals surface area contributed by atoms with Gasteiger partial charge in [0.05, 0.1) is 33.7 Å². The lowest BCUT2D eigenvalue weighted by Crippen LogP contribution is -2.08. The average molecular weight is 459 g/mol. The summed E-state index contributed by atoms with van der Waals surface area (Å²) in [5, 5.41) is 0. The Morgan fingerprint density at radius 3 is 2.41 bits per heavy atom. The fourth-order valence-electron chi connectivity index (χ4n) is 3.97. The van der Waals surface area contributed by atoms with Gasteiger partial charge in [0.25, 0.3) is 0 Å². The van der Waals surface area contributed by atoms with E-state index >= 15 is 0 Å². The van der Waals surface area contributed by atoms with E-state index in [4.69, 9.17) is 4.98 Å². The van der Waals surface area contributed by atoms with Crippen LogP contribution in [0.5, 0.6) is 0 Å². The standard InChI is InChI=1S/C26H20F3N5/c1-15-6-7-17(12-19(15)26(27,28)29)13-23-33-24(25(34-23)21-5-3-4-16(2)32-21)18-8-9-20-22(14-18)31-11-10-30-20/h3-12,14H,13H2,1-2H3,(H,33,34). The SMILES string of the molecule is Cc1cccc(-c2[nH]c(Cc3ccc(C)c(C(F)(F)F)c3)nc2-c2ccc3nccnc3c2)n1. The molecular formula is C26H20F3N5. The van der Waals surface area contributed by atoms with Gasteiger partial charge >= 0.3 is 6.18 Å². The molecule has 0 bridgehead atoms. The molecule has 3 heterocycles. The number of benzene rings is 2. The van der Waals surface area contributed by atoms with E-state index in [2.05, 4.69) is 19.9 Å². The summed E-state index contributed by atoms with van der Waals surface area (Å²) in [4.78, 5) is 21.4. The summed E-state index contributed by atoms with van der Waals surface area (Å²) in [6.07, 6.45) is -0.930. The summed E-state index contributed by atoms with van der Waals surface area (Å²) in [6, 6.07) is 15.7. The molecule has 0 amide bonds. The van der Waals surface area contributed by atoms with Crippen LogP contribution in [0.2, 0.25) is 0 Å². The normalized spacial score (nSPS) is 11.8. The van der Waals surface area contributed by atoms with Crippen molar-refractivity contribution in [1.82, 2.24) is 24.9 Å². The van der Waals surface area contributed by atoms with Crippen LogP contribution in [-0.2, 0) is 12.6 Å². The lowest BCUT2D eigenvalue weighted by Gasteiger charge is -2.11. The van der Waals surface area contributed by atoms with E-state index in [0.717, 1.165) is 22.3 Å². The van der Waals surface area contributed by atoms with E-state index in [1.807, 2.05) is 43.3 Å². The van der Waals surface area contributed by atoms with E-state index in [1.165, 1.54) is 19.1 Å². The number of imidazole rings is 1. The van der Waals surface area contributed by atoms with E-state index in [9.17, 15) is 13.2 Å². The highest BCUT2D eigenvalue weighted by Gasteiger charge is 2.32. The van der Waals surface area contributed by atoms with Crippen LogP contribution in [-0.4, -0.2) is 24.9 Å². The third kappa shape index (κ3) is 4.26. The molecule has 0 atom stereocenters. The highest BCUT2D eigenvalue weighted by molar-refractivity contribution is 5.84. The van der Waals surface area contributed by atoms with Crippen LogP contribution >= 0.6 is 0 Å². The molecule has 0 aliphatic carbocycles. The second kappa shape index (κ2) is 8.37. The summed E-state index contributed by atoms with van der Waals surface area (Å²) in [6.45, 7) is 3.36. The molecule has 0 radical (unpaired) electrons. The van der Waals surface area contributed by atoms with E-state index < -0.39 is 11.7 Å². The first kappa shape index (κ1) is 21.8. The van der Waals surface area contributed by atoms with Gasteiger partial charge in [-0.05, 0) is 55.3 Å². The number of hydrogen-bond acceptors (Lipinski definition) is 4. The lowest BCUT2D eigenvalue weighted by molar-refractivity contribution is -0.138. The largest absolute Gasteiger partial charge is 0.416 e. The third-order valence-electron chi connectivity index (χ3n) is 5.62. The molecule has 0 fully saturated rings. The quantitative estimate of drug-likeness (QED) is 0.342. The minimum Gasteiger partial charge on any atom is -0.340 e. The number of rotatable bonds is 4. The van der Waals surface area contributed by atoms with Gasteiger partial charge in [-0.3, -0.25) is 15.0 Å². The van der Waals surface area contributed by atoms with Crippen LogP contribution in [0, 0.1) is 13.8 Å². The van der Waals surface area contributed by atoms with Crippen LogP contribution in [0.15, 0.2) is 67.0 Å². The molecule has 0 aliphatic heterocycles. The van der Waals surface area contributed by atoms with Crippen molar-refractivity contribution < 1.29 is 13.2 Å². The zero-order valence-corrected chi connectivity index (χ0v) is 18.5. The van der Waals surface area contributed by atoms with Gasteiger partial charge in [0.1, 0.15) is 5.82 Å². The smallest absolute Gasteiger partial charge is 0.340 e. The Hall–Kier alpha value is -4.07. The van der Waals surface area contributed by atoms with Crippen LogP contribution in [0.25, 0.3) is 33.7 Å². The summed E-state index contributed by atoms with van der Waals surface area (Å²) in [5.41, 5.74) is 5.28. The molecule has 170 valence electrons. The van der Waals surface area contributed by atoms with Crippen molar-refractivity contribution in [2.24, 2.45) is 0 Å². The fourth-order valence-corrected chi connectivity index (χ4v) is 3.97. The zero-order valence-electron chi connectivity index (χ0n) is 18.5. The lowest BCUT2D eigenvalue weighted by atomic mass is 10.0. The Labute approximate surface area is 193 Å². The number of aryl methyl sites for hydroxylation is 2. The Kier molecular flexibility index (Phi) is 5.36. The molecule has 0 spiro atoms. The molecule has 3 aromatic heterocycles. The highest BCUT2D eigenvalue weighted by atomic mass is 19.4. The number of nitrogens with zero attached hydrogens (tertiary/aromatic N) is 4. The van der Waals surface area contributed by atoms with Crippen molar-refractivity contribution >= 4 is 11.0 Å². The fraction of sp³-hybridized carbons (Fsp3) is 0.154. The number of nitrogens with one attached hydrogen (secondary N) is 1. The molecule has 34 heavy (non-hydrogen) atoms. The van der Waals surface area contributed by atoms with E-state index in [-0.39, 0.29) is 12.0 Å². The van der Waals surface area contributed by atoms with Gasteiger partial charge < -0.3 is 4.98 Å². The zero-order chi connectivity index (χ0) is 23.9. The van der Waals surface area contributed by atoms with Crippen LogP contribution in [0.1, 0.15) is 28.2 Å². The molecule has 5 nitrogen and oxygen atoms in total. The van der Waals surface area contributed by atoms with Crippen molar-refractivity contribution in [3.63, 3.8) is 0 Å². The molecule has 1 N–H and O–H groups in total. The molecular weight excluding hydrogens is 439 g/mol. The van der Waals surface area contributed by atoms with E-state index in [0.29, 0.717) is 28.5 Å². The number of alkyl halides is 3. The molecule has 2 aromatic carbocycles. The van der Waals surface area contributed by atoms with E-state index in [1.54, 1.807) is 18.5 Å². The monoisotopic (exact) mass is 459 g/mol. The maximum absolute atomic E-state index is 13.4.